The van der Waals surface area contributed by atoms with Crippen molar-refractivity contribution in [1.82, 2.24) is 4.90 Å². The molecular formula is C12H11ClF3NO2. The average molecular weight is 294 g/mol. The number of hydrogen-bond acceptors (Lipinski definition) is 2. The van der Waals surface area contributed by atoms with Crippen molar-refractivity contribution in [2.45, 2.75) is 25.0 Å². The SMILES string of the molecule is O=C1N(Cc2ccc(F)cc2Cl)C[C@H](O)CC1(F)F. The average Bonchev–Trinajstić information content (AvgIpc) is 2.28. The molecule has 3 nitrogen and oxygen atoms in total. The maximum atomic E-state index is 13.3. The van der Waals surface area contributed by atoms with Gasteiger partial charge in [0.15, 0.2) is 0 Å². The highest BCUT2D eigenvalue weighted by molar-refractivity contribution is 6.31. The normalized spacial score (nSPS) is 22.7. The third-order valence-electron chi connectivity index (χ3n) is 2.90. The standard InChI is InChI=1S/C12H11ClF3NO2/c13-10-3-8(14)2-1-7(10)5-17-6-9(18)4-12(15,16)11(17)19/h1-3,9,18H,4-6H2/t9-/m1/s1. The van der Waals surface area contributed by atoms with Crippen LogP contribution in [0.1, 0.15) is 12.0 Å². The molecule has 7 heteroatoms. The van der Waals surface area contributed by atoms with Crippen molar-refractivity contribution < 1.29 is 23.1 Å². The molecule has 0 bridgehead atoms. The van der Waals surface area contributed by atoms with Crippen LogP contribution in [0.3, 0.4) is 0 Å². The van der Waals surface area contributed by atoms with E-state index in [1.165, 1.54) is 6.07 Å². The Bertz CT molecular complexity index is 510. The maximum absolute atomic E-state index is 13.3. The van der Waals surface area contributed by atoms with Gasteiger partial charge in [-0.1, -0.05) is 17.7 Å². The molecule has 0 aromatic heterocycles. The molecule has 2 rings (SSSR count). The van der Waals surface area contributed by atoms with Crippen molar-refractivity contribution in [3.05, 3.63) is 34.6 Å². The molecule has 1 amide bonds. The molecule has 1 aliphatic heterocycles. The van der Waals surface area contributed by atoms with Gasteiger partial charge in [0, 0.05) is 24.5 Å². The van der Waals surface area contributed by atoms with E-state index in [1.54, 1.807) is 0 Å². The van der Waals surface area contributed by atoms with Crippen molar-refractivity contribution in [3.8, 4) is 0 Å². The first-order chi connectivity index (χ1) is 8.79. The first-order valence-corrected chi connectivity index (χ1v) is 5.96. The van der Waals surface area contributed by atoms with Crippen LogP contribution in [0.2, 0.25) is 5.02 Å². The topological polar surface area (TPSA) is 40.5 Å². The van der Waals surface area contributed by atoms with Gasteiger partial charge in [-0.05, 0) is 17.7 Å². The van der Waals surface area contributed by atoms with Crippen molar-refractivity contribution in [2.24, 2.45) is 0 Å². The molecule has 1 atom stereocenters. The number of halogens is 4. The molecule has 1 aromatic carbocycles. The second-order valence-corrected chi connectivity index (χ2v) is 4.89. The van der Waals surface area contributed by atoms with Gasteiger partial charge >= 0.3 is 5.92 Å². The Labute approximate surface area is 112 Å². The van der Waals surface area contributed by atoms with Gasteiger partial charge in [-0.25, -0.2) is 4.39 Å². The van der Waals surface area contributed by atoms with Crippen LogP contribution in [0.5, 0.6) is 0 Å². The van der Waals surface area contributed by atoms with E-state index in [2.05, 4.69) is 0 Å². The Balaban J connectivity index is 2.20. The van der Waals surface area contributed by atoms with Crippen molar-refractivity contribution in [2.75, 3.05) is 6.54 Å². The Hall–Kier alpha value is -1.27. The number of benzene rings is 1. The molecule has 0 spiro atoms. The van der Waals surface area contributed by atoms with Gasteiger partial charge in [-0.3, -0.25) is 4.79 Å². The Morgan fingerprint density at radius 3 is 2.79 bits per heavy atom. The molecule has 1 aliphatic rings. The molecule has 1 heterocycles. The summed E-state index contributed by atoms with van der Waals surface area (Å²) in [6, 6.07) is 3.49. The molecule has 0 saturated carbocycles. The van der Waals surface area contributed by atoms with E-state index < -0.39 is 30.2 Å². The van der Waals surface area contributed by atoms with Crippen molar-refractivity contribution >= 4 is 17.5 Å². The molecule has 1 N–H and O–H groups in total. The van der Waals surface area contributed by atoms with E-state index in [0.717, 1.165) is 17.0 Å². The second kappa shape index (κ2) is 5.02. The van der Waals surface area contributed by atoms with Gasteiger partial charge < -0.3 is 10.0 Å². The van der Waals surface area contributed by atoms with Crippen LogP contribution < -0.4 is 0 Å². The van der Waals surface area contributed by atoms with Crippen molar-refractivity contribution in [3.63, 3.8) is 0 Å². The number of carbonyl (C=O) groups is 1. The second-order valence-electron chi connectivity index (χ2n) is 4.48. The van der Waals surface area contributed by atoms with Gasteiger partial charge in [-0.15, -0.1) is 0 Å². The summed E-state index contributed by atoms with van der Waals surface area (Å²) in [7, 11) is 0. The smallest absolute Gasteiger partial charge is 0.327 e. The first-order valence-electron chi connectivity index (χ1n) is 5.59. The quantitative estimate of drug-likeness (QED) is 0.908. The van der Waals surface area contributed by atoms with E-state index in [1.807, 2.05) is 0 Å². The Morgan fingerprint density at radius 1 is 1.47 bits per heavy atom. The van der Waals surface area contributed by atoms with Crippen LogP contribution in [0.4, 0.5) is 13.2 Å². The predicted molar refractivity (Wildman–Crippen MR) is 62.4 cm³/mol. The fourth-order valence-corrected chi connectivity index (χ4v) is 2.24. The van der Waals surface area contributed by atoms with E-state index in [-0.39, 0.29) is 18.1 Å². The van der Waals surface area contributed by atoms with Crippen LogP contribution in [-0.2, 0) is 11.3 Å². The van der Waals surface area contributed by atoms with Crippen LogP contribution in [0, 0.1) is 5.82 Å². The van der Waals surface area contributed by atoms with Gasteiger partial charge in [0.25, 0.3) is 5.91 Å². The highest BCUT2D eigenvalue weighted by atomic mass is 35.5. The minimum Gasteiger partial charge on any atom is -0.391 e. The summed E-state index contributed by atoms with van der Waals surface area (Å²) in [6.07, 6.45) is -2.16. The number of aliphatic hydroxyl groups is 1. The van der Waals surface area contributed by atoms with Crippen LogP contribution in [-0.4, -0.2) is 34.5 Å². The zero-order valence-corrected chi connectivity index (χ0v) is 10.5. The third-order valence-corrected chi connectivity index (χ3v) is 3.25. The molecule has 104 valence electrons. The molecule has 0 unspecified atom stereocenters. The summed E-state index contributed by atoms with van der Waals surface area (Å²) in [4.78, 5) is 12.3. The summed E-state index contributed by atoms with van der Waals surface area (Å²) in [6.45, 7) is -0.382. The van der Waals surface area contributed by atoms with Gasteiger partial charge in [0.05, 0.1) is 6.10 Å². The number of carbonyl (C=O) groups excluding carboxylic acids is 1. The lowest BCUT2D eigenvalue weighted by Gasteiger charge is -2.34. The first kappa shape index (κ1) is 14.1. The summed E-state index contributed by atoms with van der Waals surface area (Å²) < 4.78 is 39.5. The minimum absolute atomic E-state index is 0.0520. The number of piperidine rings is 1. The monoisotopic (exact) mass is 293 g/mol. The molecule has 0 radical (unpaired) electrons. The number of nitrogens with zero attached hydrogens (tertiary/aromatic N) is 1. The molecule has 1 saturated heterocycles. The van der Waals surface area contributed by atoms with Crippen LogP contribution >= 0.6 is 11.6 Å². The van der Waals surface area contributed by atoms with Crippen LogP contribution in [0.25, 0.3) is 0 Å². The third kappa shape index (κ3) is 3.01. The number of hydrogen-bond donors (Lipinski definition) is 1. The van der Waals surface area contributed by atoms with Crippen LogP contribution in [0.15, 0.2) is 18.2 Å². The molecule has 1 aromatic rings. The summed E-state index contributed by atoms with van der Waals surface area (Å²) in [5, 5.41) is 9.41. The Morgan fingerprint density at radius 2 is 2.16 bits per heavy atom. The number of likely N-dealkylation sites (tertiary alicyclic amines) is 1. The number of rotatable bonds is 2. The summed E-state index contributed by atoms with van der Waals surface area (Å²) >= 11 is 5.78. The number of aliphatic hydroxyl groups excluding tert-OH is 1. The number of alkyl halides is 2. The van der Waals surface area contributed by atoms with E-state index in [4.69, 9.17) is 11.6 Å². The predicted octanol–water partition coefficient (Wildman–Crippen LogP) is 2.21. The van der Waals surface area contributed by atoms with Gasteiger partial charge in [-0.2, -0.15) is 8.78 Å². The van der Waals surface area contributed by atoms with E-state index in [9.17, 15) is 23.1 Å². The molecule has 19 heavy (non-hydrogen) atoms. The largest absolute Gasteiger partial charge is 0.391 e. The highest BCUT2D eigenvalue weighted by Crippen LogP contribution is 2.30. The highest BCUT2D eigenvalue weighted by Gasteiger charge is 2.48. The maximum Gasteiger partial charge on any atom is 0.327 e. The number of amides is 1. The molecular weight excluding hydrogens is 283 g/mol. The molecule has 0 aliphatic carbocycles. The number of β-amino-alcohol motifs (C(OH)–C–C–N with tert-alkyl or cyclic N) is 1. The summed E-state index contributed by atoms with van der Waals surface area (Å²) in [5.41, 5.74) is 0.348. The molecule has 1 fully saturated rings. The fraction of sp³-hybridized carbons (Fsp3) is 0.417. The van der Waals surface area contributed by atoms with E-state index in [0.29, 0.717) is 5.56 Å². The summed E-state index contributed by atoms with van der Waals surface area (Å²) in [5.74, 6) is -5.48. The fourth-order valence-electron chi connectivity index (χ4n) is 2.01. The lowest BCUT2D eigenvalue weighted by Crippen LogP contribution is -2.53. The lowest BCUT2D eigenvalue weighted by atomic mass is 10.0. The van der Waals surface area contributed by atoms with Crippen molar-refractivity contribution in [1.29, 1.82) is 0 Å². The lowest BCUT2D eigenvalue weighted by molar-refractivity contribution is -0.173. The van der Waals surface area contributed by atoms with Gasteiger partial charge in [0.2, 0.25) is 0 Å². The zero-order chi connectivity index (χ0) is 14.2. The van der Waals surface area contributed by atoms with Gasteiger partial charge in [0.1, 0.15) is 5.82 Å². The minimum atomic E-state index is -3.58. The zero-order valence-electron chi connectivity index (χ0n) is 9.75. The Kier molecular flexibility index (Phi) is 3.73. The van der Waals surface area contributed by atoms with E-state index >= 15 is 0 Å².